The molecule has 214 valence electrons. The molecule has 0 spiro atoms. The van der Waals surface area contributed by atoms with Gasteiger partial charge in [0.2, 0.25) is 5.91 Å². The highest BCUT2D eigenvalue weighted by Crippen LogP contribution is 2.32. The molecule has 0 radical (unpaired) electrons. The number of nitrogens with zero attached hydrogens (tertiary/aromatic N) is 1. The van der Waals surface area contributed by atoms with Gasteiger partial charge in [-0.25, -0.2) is 0 Å². The van der Waals surface area contributed by atoms with E-state index in [2.05, 4.69) is 48.9 Å². The second kappa shape index (κ2) is 14.9. The molecule has 2 amide bonds. The van der Waals surface area contributed by atoms with Crippen molar-refractivity contribution >= 4 is 50.9 Å². The highest BCUT2D eigenvalue weighted by atomic mass is 79.9. The van der Waals surface area contributed by atoms with Crippen LogP contribution in [0.1, 0.15) is 57.2 Å². The molecule has 3 aromatic carbocycles. The molecular weight excluding hydrogens is 611 g/mol. The number of rotatable bonds is 12. The van der Waals surface area contributed by atoms with Crippen molar-refractivity contribution in [2.24, 2.45) is 0 Å². The number of hydrogen-bond donors (Lipinski definition) is 1. The van der Waals surface area contributed by atoms with Gasteiger partial charge in [-0.3, -0.25) is 9.59 Å². The molecule has 0 saturated heterocycles. The van der Waals surface area contributed by atoms with E-state index >= 15 is 0 Å². The summed E-state index contributed by atoms with van der Waals surface area (Å²) < 4.78 is 6.75. The summed E-state index contributed by atoms with van der Waals surface area (Å²) in [4.78, 5) is 28.9. The Hall–Kier alpha value is -2.54. The van der Waals surface area contributed by atoms with Crippen molar-refractivity contribution in [1.29, 1.82) is 0 Å². The molecule has 0 bridgehead atoms. The van der Waals surface area contributed by atoms with Crippen LogP contribution in [-0.4, -0.2) is 35.9 Å². The van der Waals surface area contributed by atoms with Gasteiger partial charge in [-0.05, 0) is 68.7 Å². The summed E-state index contributed by atoms with van der Waals surface area (Å²) in [6, 6.07) is 19.9. The van der Waals surface area contributed by atoms with E-state index in [9.17, 15) is 9.59 Å². The Morgan fingerprint density at radius 1 is 1.02 bits per heavy atom. The van der Waals surface area contributed by atoms with Gasteiger partial charge in [0.1, 0.15) is 11.8 Å². The van der Waals surface area contributed by atoms with E-state index in [1.165, 1.54) is 0 Å². The number of nitrogens with one attached hydrogen (secondary N) is 1. The lowest BCUT2D eigenvalue weighted by atomic mass is 9.87. The number of ether oxygens (including phenoxy) is 1. The molecule has 0 aliphatic rings. The van der Waals surface area contributed by atoms with Crippen LogP contribution in [0.5, 0.6) is 5.75 Å². The third-order valence-corrected chi connectivity index (χ3v) is 7.81. The van der Waals surface area contributed by atoms with Crippen molar-refractivity contribution in [2.75, 3.05) is 13.2 Å². The molecule has 8 heteroatoms. The van der Waals surface area contributed by atoms with Gasteiger partial charge in [-0.2, -0.15) is 0 Å². The molecule has 40 heavy (non-hydrogen) atoms. The quantitative estimate of drug-likeness (QED) is 0.203. The number of benzene rings is 3. The molecule has 0 heterocycles. The third kappa shape index (κ3) is 9.25. The fraction of sp³-hybridized carbons (Fsp3) is 0.375. The molecule has 3 rings (SSSR count). The van der Waals surface area contributed by atoms with Crippen molar-refractivity contribution in [3.63, 3.8) is 0 Å². The van der Waals surface area contributed by atoms with Crippen LogP contribution in [-0.2, 0) is 28.0 Å². The number of amides is 2. The van der Waals surface area contributed by atoms with Crippen LogP contribution in [0, 0.1) is 0 Å². The number of hydrogen-bond acceptors (Lipinski definition) is 3. The Morgan fingerprint density at radius 3 is 2.38 bits per heavy atom. The smallest absolute Gasteiger partial charge is 0.261 e. The van der Waals surface area contributed by atoms with Gasteiger partial charge in [-0.1, -0.05) is 99.8 Å². The van der Waals surface area contributed by atoms with E-state index < -0.39 is 6.04 Å². The Kier molecular flexibility index (Phi) is 11.9. The standard InChI is InChI=1S/C32H37BrCl2N2O3/c1-5-6-16-36-31(39)28(17-22-10-8-7-9-11-22)37(20-23-12-14-25(34)19-27(23)35)30(38)21-40-29-15-13-24(18-26(29)33)32(2,3)4/h7-15,18-19,28H,5-6,16-17,20-21H2,1-4H3,(H,36,39). The minimum absolute atomic E-state index is 0.0265. The lowest BCUT2D eigenvalue weighted by molar-refractivity contribution is -0.142. The third-order valence-electron chi connectivity index (χ3n) is 6.61. The average molecular weight is 648 g/mol. The van der Waals surface area contributed by atoms with Crippen LogP contribution in [0.15, 0.2) is 71.2 Å². The van der Waals surface area contributed by atoms with Gasteiger partial charge in [-0.15, -0.1) is 0 Å². The zero-order valence-electron chi connectivity index (χ0n) is 23.5. The van der Waals surface area contributed by atoms with E-state index in [1.54, 1.807) is 23.1 Å². The van der Waals surface area contributed by atoms with Gasteiger partial charge >= 0.3 is 0 Å². The van der Waals surface area contributed by atoms with Crippen molar-refractivity contribution < 1.29 is 14.3 Å². The Balaban J connectivity index is 1.92. The average Bonchev–Trinajstić information content (AvgIpc) is 2.91. The van der Waals surface area contributed by atoms with Gasteiger partial charge in [0.25, 0.3) is 5.91 Å². The van der Waals surface area contributed by atoms with E-state index in [0.717, 1.165) is 28.4 Å². The predicted molar refractivity (Wildman–Crippen MR) is 167 cm³/mol. The van der Waals surface area contributed by atoms with E-state index in [0.29, 0.717) is 34.3 Å². The van der Waals surface area contributed by atoms with E-state index in [-0.39, 0.29) is 30.4 Å². The summed E-state index contributed by atoms with van der Waals surface area (Å²) in [6.45, 7) is 8.89. The first-order valence-corrected chi connectivity index (χ1v) is 15.0. The lowest BCUT2D eigenvalue weighted by Gasteiger charge is -2.32. The van der Waals surface area contributed by atoms with Crippen molar-refractivity contribution in [2.45, 2.75) is 65.0 Å². The zero-order chi connectivity index (χ0) is 29.3. The Morgan fingerprint density at radius 2 is 1.75 bits per heavy atom. The predicted octanol–water partition coefficient (Wildman–Crippen LogP) is 7.99. The number of carbonyl (C=O) groups is 2. The highest BCUT2D eigenvalue weighted by Gasteiger charge is 2.31. The minimum atomic E-state index is -0.770. The Labute approximate surface area is 256 Å². The summed E-state index contributed by atoms with van der Waals surface area (Å²) in [7, 11) is 0. The maximum absolute atomic E-state index is 13.8. The molecular formula is C32H37BrCl2N2O3. The zero-order valence-corrected chi connectivity index (χ0v) is 26.6. The first-order valence-electron chi connectivity index (χ1n) is 13.5. The van der Waals surface area contributed by atoms with Crippen LogP contribution in [0.3, 0.4) is 0 Å². The summed E-state index contributed by atoms with van der Waals surface area (Å²) in [6.07, 6.45) is 2.14. The molecule has 5 nitrogen and oxygen atoms in total. The SMILES string of the molecule is CCCCNC(=O)C(Cc1ccccc1)N(Cc1ccc(Cl)cc1Cl)C(=O)COc1ccc(C(C)(C)C)cc1Br. The number of halogens is 3. The van der Waals surface area contributed by atoms with Crippen LogP contribution >= 0.6 is 39.1 Å². The summed E-state index contributed by atoms with van der Waals surface area (Å²) in [5.74, 6) is 0.00803. The topological polar surface area (TPSA) is 58.6 Å². The van der Waals surface area contributed by atoms with Crippen molar-refractivity contribution in [1.82, 2.24) is 10.2 Å². The monoisotopic (exact) mass is 646 g/mol. The molecule has 1 atom stereocenters. The van der Waals surface area contributed by atoms with Gasteiger partial charge in [0.15, 0.2) is 6.61 Å². The normalized spacial score (nSPS) is 12.1. The number of unbranched alkanes of at least 4 members (excludes halogenated alkanes) is 1. The summed E-state index contributed by atoms with van der Waals surface area (Å²) in [5.41, 5.74) is 2.75. The highest BCUT2D eigenvalue weighted by molar-refractivity contribution is 9.10. The fourth-order valence-corrected chi connectivity index (χ4v) is 5.16. The van der Waals surface area contributed by atoms with E-state index in [4.69, 9.17) is 27.9 Å². The molecule has 0 aliphatic heterocycles. The molecule has 3 aromatic rings. The van der Waals surface area contributed by atoms with Crippen LogP contribution in [0.25, 0.3) is 0 Å². The molecule has 0 fully saturated rings. The summed E-state index contributed by atoms with van der Waals surface area (Å²) in [5, 5.41) is 3.94. The van der Waals surface area contributed by atoms with Crippen molar-refractivity contribution in [3.05, 3.63) is 97.9 Å². The van der Waals surface area contributed by atoms with E-state index in [1.807, 2.05) is 48.5 Å². The van der Waals surface area contributed by atoms with Crippen LogP contribution in [0.2, 0.25) is 10.0 Å². The largest absolute Gasteiger partial charge is 0.483 e. The Bertz CT molecular complexity index is 1300. The maximum atomic E-state index is 13.8. The van der Waals surface area contributed by atoms with Gasteiger partial charge < -0.3 is 15.0 Å². The fourth-order valence-electron chi connectivity index (χ4n) is 4.20. The molecule has 0 aliphatic carbocycles. The molecule has 0 aromatic heterocycles. The lowest BCUT2D eigenvalue weighted by Crippen LogP contribution is -2.51. The van der Waals surface area contributed by atoms with Crippen molar-refractivity contribution in [3.8, 4) is 5.75 Å². The first kappa shape index (κ1) is 32.0. The van der Waals surface area contributed by atoms with Gasteiger partial charge in [0.05, 0.1) is 4.47 Å². The first-order chi connectivity index (χ1) is 19.0. The maximum Gasteiger partial charge on any atom is 0.261 e. The minimum Gasteiger partial charge on any atom is -0.483 e. The molecule has 1 unspecified atom stereocenters. The van der Waals surface area contributed by atoms with Crippen LogP contribution < -0.4 is 10.1 Å². The second-order valence-corrected chi connectivity index (χ2v) is 12.5. The van der Waals surface area contributed by atoms with Crippen LogP contribution in [0.4, 0.5) is 0 Å². The van der Waals surface area contributed by atoms with Gasteiger partial charge in [0, 0.05) is 29.6 Å². The number of carbonyl (C=O) groups excluding carboxylic acids is 2. The second-order valence-electron chi connectivity index (χ2n) is 10.8. The summed E-state index contributed by atoms with van der Waals surface area (Å²) >= 11 is 16.2. The molecule has 1 N–H and O–H groups in total. The molecule has 0 saturated carbocycles.